The molecule has 158 valence electrons. The van der Waals surface area contributed by atoms with Crippen LogP contribution in [-0.2, 0) is 11.2 Å². The predicted octanol–water partition coefficient (Wildman–Crippen LogP) is 5.04. The van der Waals surface area contributed by atoms with Crippen LogP contribution in [0.4, 0.5) is 0 Å². The largest absolute Gasteiger partial charge is 0.497 e. The number of likely N-dealkylation sites (tertiary alicyclic amines) is 1. The van der Waals surface area contributed by atoms with Gasteiger partial charge in [-0.25, -0.2) is 4.79 Å². The van der Waals surface area contributed by atoms with Crippen molar-refractivity contribution in [2.24, 2.45) is 0 Å². The van der Waals surface area contributed by atoms with Crippen molar-refractivity contribution < 1.29 is 14.3 Å². The van der Waals surface area contributed by atoms with E-state index in [-0.39, 0.29) is 12.1 Å². The maximum atomic E-state index is 13.1. The Labute approximate surface area is 178 Å². The average Bonchev–Trinajstić information content (AvgIpc) is 3.38. The molecule has 1 saturated heterocycles. The molecule has 3 aromatic rings. The van der Waals surface area contributed by atoms with Gasteiger partial charge in [0.25, 0.3) is 0 Å². The number of aromatic amines is 1. The summed E-state index contributed by atoms with van der Waals surface area (Å²) in [5.74, 6) is 0.451. The van der Waals surface area contributed by atoms with Crippen molar-refractivity contribution in [3.8, 4) is 5.75 Å². The summed E-state index contributed by atoms with van der Waals surface area (Å²) in [4.78, 5) is 18.9. The lowest BCUT2D eigenvalue weighted by atomic mass is 10.1. The number of fused-ring (bicyclic) bond motifs is 1. The molecule has 1 aliphatic rings. The van der Waals surface area contributed by atoms with Gasteiger partial charge in [-0.05, 0) is 81.6 Å². The monoisotopic (exact) mass is 406 g/mol. The topological polar surface area (TPSA) is 54.6 Å². The summed E-state index contributed by atoms with van der Waals surface area (Å²) in [6, 6.07) is 14.0. The molecule has 5 nitrogen and oxygen atoms in total. The highest BCUT2D eigenvalue weighted by molar-refractivity contribution is 6.05. The van der Waals surface area contributed by atoms with E-state index in [4.69, 9.17) is 9.47 Å². The Bertz CT molecular complexity index is 1030. The van der Waals surface area contributed by atoms with Gasteiger partial charge in [-0.1, -0.05) is 18.2 Å². The molecule has 0 spiro atoms. The van der Waals surface area contributed by atoms with Crippen LogP contribution in [0.15, 0.2) is 42.5 Å². The van der Waals surface area contributed by atoms with E-state index in [2.05, 4.69) is 28.1 Å². The highest BCUT2D eigenvalue weighted by atomic mass is 16.5. The second-order valence-electron chi connectivity index (χ2n) is 8.13. The molecule has 5 heteroatoms. The number of ether oxygens (including phenoxy) is 2. The van der Waals surface area contributed by atoms with E-state index in [1.807, 2.05) is 38.1 Å². The van der Waals surface area contributed by atoms with Gasteiger partial charge in [0, 0.05) is 23.1 Å². The molecule has 1 fully saturated rings. The number of esters is 1. The first-order valence-corrected chi connectivity index (χ1v) is 10.7. The minimum atomic E-state index is -0.365. The van der Waals surface area contributed by atoms with Crippen LogP contribution in [0.25, 0.3) is 10.9 Å². The SMILES string of the molecule is COc1cccc(C(C)OC(=O)c2c(C)[nH]c3ccc(CCN4CCCC4)cc23)c1. The predicted molar refractivity (Wildman–Crippen MR) is 119 cm³/mol. The third-order valence-electron chi connectivity index (χ3n) is 6.02. The summed E-state index contributed by atoms with van der Waals surface area (Å²) < 4.78 is 11.1. The first-order chi connectivity index (χ1) is 14.5. The van der Waals surface area contributed by atoms with E-state index in [1.54, 1.807) is 7.11 Å². The quantitative estimate of drug-likeness (QED) is 0.559. The third-order valence-corrected chi connectivity index (χ3v) is 6.02. The first-order valence-electron chi connectivity index (χ1n) is 10.7. The Morgan fingerprint density at radius 3 is 2.73 bits per heavy atom. The number of nitrogens with one attached hydrogen (secondary N) is 1. The number of aromatic nitrogens is 1. The second-order valence-corrected chi connectivity index (χ2v) is 8.13. The van der Waals surface area contributed by atoms with Crippen LogP contribution < -0.4 is 4.74 Å². The van der Waals surface area contributed by atoms with E-state index in [0.717, 1.165) is 40.9 Å². The molecule has 0 saturated carbocycles. The molecule has 1 aromatic heterocycles. The standard InChI is InChI=1S/C25H30N2O3/c1-17-24(25(28)30-18(2)20-7-6-8-21(16-20)29-3)22-15-19(9-10-23(22)26-17)11-14-27-12-4-5-13-27/h6-10,15-16,18,26H,4-5,11-14H2,1-3H3. The van der Waals surface area contributed by atoms with Gasteiger partial charge < -0.3 is 19.4 Å². The van der Waals surface area contributed by atoms with Crippen LogP contribution in [-0.4, -0.2) is 42.6 Å². The number of H-pyrrole nitrogens is 1. The molecule has 30 heavy (non-hydrogen) atoms. The Balaban J connectivity index is 1.53. The summed E-state index contributed by atoms with van der Waals surface area (Å²) in [5.41, 5.74) is 4.60. The number of nitrogens with zero attached hydrogens (tertiary/aromatic N) is 1. The molecule has 0 radical (unpaired) electrons. The zero-order valence-electron chi connectivity index (χ0n) is 18.0. The Kier molecular flexibility index (Phi) is 6.09. The Morgan fingerprint density at radius 1 is 1.17 bits per heavy atom. The minimum absolute atomic E-state index is 0.300. The number of hydrogen-bond donors (Lipinski definition) is 1. The lowest BCUT2D eigenvalue weighted by Crippen LogP contribution is -2.21. The second kappa shape index (κ2) is 8.92. The van der Waals surface area contributed by atoms with Gasteiger partial charge in [-0.15, -0.1) is 0 Å². The normalized spacial score (nSPS) is 15.4. The Hall–Kier alpha value is -2.79. The van der Waals surface area contributed by atoms with E-state index in [1.165, 1.54) is 31.5 Å². The van der Waals surface area contributed by atoms with Gasteiger partial charge in [0.1, 0.15) is 11.9 Å². The maximum Gasteiger partial charge on any atom is 0.341 e. The van der Waals surface area contributed by atoms with Gasteiger partial charge in [0.2, 0.25) is 0 Å². The van der Waals surface area contributed by atoms with Crippen molar-refractivity contribution in [2.45, 2.75) is 39.2 Å². The summed E-state index contributed by atoms with van der Waals surface area (Å²) in [7, 11) is 1.63. The van der Waals surface area contributed by atoms with Crippen LogP contribution >= 0.6 is 0 Å². The molecule has 2 aromatic carbocycles. The summed E-state index contributed by atoms with van der Waals surface area (Å²) in [6.07, 6.45) is 3.24. The van der Waals surface area contributed by atoms with Crippen LogP contribution in [0.2, 0.25) is 0 Å². The van der Waals surface area contributed by atoms with E-state index in [0.29, 0.717) is 5.56 Å². The smallest absolute Gasteiger partial charge is 0.341 e. The zero-order chi connectivity index (χ0) is 21.1. The zero-order valence-corrected chi connectivity index (χ0v) is 18.0. The van der Waals surface area contributed by atoms with Crippen LogP contribution in [0, 0.1) is 6.92 Å². The van der Waals surface area contributed by atoms with Crippen molar-refractivity contribution in [3.05, 3.63) is 64.8 Å². The van der Waals surface area contributed by atoms with Crippen LogP contribution in [0.1, 0.15) is 53.0 Å². The van der Waals surface area contributed by atoms with Crippen molar-refractivity contribution >= 4 is 16.9 Å². The fraction of sp³-hybridized carbons (Fsp3) is 0.400. The van der Waals surface area contributed by atoms with Crippen LogP contribution in [0.3, 0.4) is 0 Å². The number of methoxy groups -OCH3 is 1. The molecule has 4 rings (SSSR count). The molecule has 1 unspecified atom stereocenters. The summed E-state index contributed by atoms with van der Waals surface area (Å²) in [5, 5.41) is 0.939. The molecular formula is C25H30N2O3. The maximum absolute atomic E-state index is 13.1. The lowest BCUT2D eigenvalue weighted by molar-refractivity contribution is 0.0339. The van der Waals surface area contributed by atoms with Crippen LogP contribution in [0.5, 0.6) is 5.75 Å². The average molecular weight is 407 g/mol. The van der Waals surface area contributed by atoms with Gasteiger partial charge in [-0.3, -0.25) is 0 Å². The van der Waals surface area contributed by atoms with Gasteiger partial charge >= 0.3 is 5.97 Å². The molecule has 1 N–H and O–H groups in total. The molecule has 0 bridgehead atoms. The highest BCUT2D eigenvalue weighted by Crippen LogP contribution is 2.28. The summed E-state index contributed by atoms with van der Waals surface area (Å²) >= 11 is 0. The fourth-order valence-corrected chi connectivity index (χ4v) is 4.27. The fourth-order valence-electron chi connectivity index (χ4n) is 4.27. The van der Waals surface area contributed by atoms with Crippen molar-refractivity contribution in [3.63, 3.8) is 0 Å². The van der Waals surface area contributed by atoms with E-state index < -0.39 is 0 Å². The van der Waals surface area contributed by atoms with Gasteiger partial charge in [-0.2, -0.15) is 0 Å². The first kappa shape index (κ1) is 20.5. The molecule has 2 heterocycles. The number of benzene rings is 2. The van der Waals surface area contributed by atoms with Crippen molar-refractivity contribution in [1.82, 2.24) is 9.88 Å². The highest BCUT2D eigenvalue weighted by Gasteiger charge is 2.21. The minimum Gasteiger partial charge on any atom is -0.497 e. The number of rotatable bonds is 7. The van der Waals surface area contributed by atoms with Crippen molar-refractivity contribution in [1.29, 1.82) is 0 Å². The molecular weight excluding hydrogens is 376 g/mol. The number of hydrogen-bond acceptors (Lipinski definition) is 4. The molecule has 1 atom stereocenters. The van der Waals surface area contributed by atoms with Crippen molar-refractivity contribution in [2.75, 3.05) is 26.7 Å². The Morgan fingerprint density at radius 2 is 1.97 bits per heavy atom. The number of aryl methyl sites for hydroxylation is 1. The lowest BCUT2D eigenvalue weighted by Gasteiger charge is -2.15. The van der Waals surface area contributed by atoms with Gasteiger partial charge in [0.15, 0.2) is 0 Å². The molecule has 1 aliphatic heterocycles. The number of carbonyl (C=O) groups is 1. The molecule has 0 amide bonds. The molecule has 0 aliphatic carbocycles. The number of carbonyl (C=O) groups excluding carboxylic acids is 1. The summed E-state index contributed by atoms with van der Waals surface area (Å²) in [6.45, 7) is 7.28. The van der Waals surface area contributed by atoms with E-state index in [9.17, 15) is 4.79 Å². The van der Waals surface area contributed by atoms with E-state index >= 15 is 0 Å². The van der Waals surface area contributed by atoms with Gasteiger partial charge in [0.05, 0.1) is 12.7 Å². The third kappa shape index (κ3) is 4.36.